The standard InChI is InChI=1S/C14H20O4/c1-5-10(14(15)16)7-11-8-12(17-3)9(2)6-13(11)18-4/h6,8,10H,5,7H2,1-4H3,(H,15,16)/t10-/m1/s1. The molecule has 4 heteroatoms. The van der Waals surface area contributed by atoms with Crippen LogP contribution < -0.4 is 9.47 Å². The summed E-state index contributed by atoms with van der Waals surface area (Å²) in [7, 11) is 3.19. The van der Waals surface area contributed by atoms with E-state index in [4.69, 9.17) is 14.6 Å². The number of benzene rings is 1. The van der Waals surface area contributed by atoms with Gasteiger partial charge in [-0.1, -0.05) is 6.92 Å². The molecule has 1 aromatic carbocycles. The van der Waals surface area contributed by atoms with Crippen LogP contribution in [0.4, 0.5) is 0 Å². The molecule has 0 saturated carbocycles. The Balaban J connectivity index is 3.09. The van der Waals surface area contributed by atoms with Crippen LogP contribution in [0, 0.1) is 12.8 Å². The SMILES string of the molecule is CC[C@H](Cc1cc(OC)c(C)cc1OC)C(=O)O. The average Bonchev–Trinajstić information content (AvgIpc) is 2.36. The quantitative estimate of drug-likeness (QED) is 0.845. The molecule has 0 bridgehead atoms. The van der Waals surface area contributed by atoms with E-state index in [9.17, 15) is 4.79 Å². The Kier molecular flexibility index (Phi) is 5.01. The van der Waals surface area contributed by atoms with Gasteiger partial charge in [-0.3, -0.25) is 4.79 Å². The third kappa shape index (κ3) is 3.15. The number of ether oxygens (including phenoxy) is 2. The zero-order valence-corrected chi connectivity index (χ0v) is 11.3. The number of carbonyl (C=O) groups is 1. The van der Waals surface area contributed by atoms with Gasteiger partial charge in [-0.05, 0) is 43.0 Å². The minimum atomic E-state index is -0.779. The van der Waals surface area contributed by atoms with E-state index in [0.29, 0.717) is 18.6 Å². The molecule has 0 amide bonds. The van der Waals surface area contributed by atoms with Gasteiger partial charge < -0.3 is 14.6 Å². The summed E-state index contributed by atoms with van der Waals surface area (Å²) in [4.78, 5) is 11.1. The molecule has 0 radical (unpaired) electrons. The fourth-order valence-corrected chi connectivity index (χ4v) is 1.94. The first-order valence-corrected chi connectivity index (χ1v) is 5.97. The maximum atomic E-state index is 11.1. The second-order valence-electron chi connectivity index (χ2n) is 4.28. The second-order valence-corrected chi connectivity index (χ2v) is 4.28. The van der Waals surface area contributed by atoms with Crippen molar-refractivity contribution in [2.45, 2.75) is 26.7 Å². The van der Waals surface area contributed by atoms with Crippen LogP contribution in [0.2, 0.25) is 0 Å². The second kappa shape index (κ2) is 6.28. The first-order chi connectivity index (χ1) is 8.53. The molecule has 0 heterocycles. The van der Waals surface area contributed by atoms with E-state index in [1.807, 2.05) is 26.0 Å². The third-order valence-corrected chi connectivity index (χ3v) is 3.11. The van der Waals surface area contributed by atoms with Gasteiger partial charge >= 0.3 is 5.97 Å². The monoisotopic (exact) mass is 252 g/mol. The van der Waals surface area contributed by atoms with Gasteiger partial charge in [0.15, 0.2) is 0 Å². The van der Waals surface area contributed by atoms with Gasteiger partial charge in [-0.25, -0.2) is 0 Å². The molecule has 100 valence electrons. The number of carboxylic acid groups (broad SMARTS) is 1. The highest BCUT2D eigenvalue weighted by molar-refractivity contribution is 5.70. The Bertz CT molecular complexity index is 426. The summed E-state index contributed by atoms with van der Waals surface area (Å²) in [5.74, 6) is 0.296. The zero-order valence-electron chi connectivity index (χ0n) is 11.3. The Labute approximate surface area is 108 Å². The number of methoxy groups -OCH3 is 2. The van der Waals surface area contributed by atoms with Crippen molar-refractivity contribution in [3.05, 3.63) is 23.3 Å². The summed E-state index contributed by atoms with van der Waals surface area (Å²) in [6.07, 6.45) is 1.04. The minimum absolute atomic E-state index is 0.397. The van der Waals surface area contributed by atoms with Gasteiger partial charge in [-0.15, -0.1) is 0 Å². The van der Waals surface area contributed by atoms with Gasteiger partial charge in [0.2, 0.25) is 0 Å². The molecule has 0 aliphatic heterocycles. The van der Waals surface area contributed by atoms with Crippen molar-refractivity contribution in [3.8, 4) is 11.5 Å². The van der Waals surface area contributed by atoms with Crippen molar-refractivity contribution >= 4 is 5.97 Å². The molecule has 1 N–H and O–H groups in total. The smallest absolute Gasteiger partial charge is 0.306 e. The topological polar surface area (TPSA) is 55.8 Å². The molecule has 0 spiro atoms. The molecule has 0 aliphatic carbocycles. The van der Waals surface area contributed by atoms with Crippen LogP contribution in [-0.2, 0) is 11.2 Å². The Hall–Kier alpha value is -1.71. The normalized spacial score (nSPS) is 12.0. The number of aryl methyl sites for hydroxylation is 1. The van der Waals surface area contributed by atoms with E-state index in [1.165, 1.54) is 0 Å². The van der Waals surface area contributed by atoms with Crippen molar-refractivity contribution in [2.24, 2.45) is 5.92 Å². The molecule has 18 heavy (non-hydrogen) atoms. The summed E-state index contributed by atoms with van der Waals surface area (Å²) < 4.78 is 10.6. The van der Waals surface area contributed by atoms with Crippen molar-refractivity contribution in [2.75, 3.05) is 14.2 Å². The maximum absolute atomic E-state index is 11.1. The van der Waals surface area contributed by atoms with Crippen molar-refractivity contribution in [1.29, 1.82) is 0 Å². The average molecular weight is 252 g/mol. The summed E-state index contributed by atoms with van der Waals surface area (Å²) in [5.41, 5.74) is 1.84. The van der Waals surface area contributed by atoms with Crippen molar-refractivity contribution in [1.82, 2.24) is 0 Å². The van der Waals surface area contributed by atoms with E-state index < -0.39 is 11.9 Å². The highest BCUT2D eigenvalue weighted by Gasteiger charge is 2.19. The maximum Gasteiger partial charge on any atom is 0.306 e. The predicted molar refractivity (Wildman–Crippen MR) is 69.4 cm³/mol. The summed E-state index contributed by atoms with van der Waals surface area (Å²) in [6, 6.07) is 3.74. The molecular formula is C14H20O4. The number of carboxylic acids is 1. The van der Waals surface area contributed by atoms with Crippen LogP contribution in [0.3, 0.4) is 0 Å². The minimum Gasteiger partial charge on any atom is -0.496 e. The van der Waals surface area contributed by atoms with Gasteiger partial charge in [0.1, 0.15) is 11.5 Å². The highest BCUT2D eigenvalue weighted by atomic mass is 16.5. The van der Waals surface area contributed by atoms with Gasteiger partial charge in [0, 0.05) is 0 Å². The summed E-state index contributed by atoms with van der Waals surface area (Å²) >= 11 is 0. The van der Waals surface area contributed by atoms with Crippen LogP contribution in [0.1, 0.15) is 24.5 Å². The van der Waals surface area contributed by atoms with E-state index in [2.05, 4.69) is 0 Å². The van der Waals surface area contributed by atoms with E-state index in [1.54, 1.807) is 14.2 Å². The number of rotatable bonds is 6. The fraction of sp³-hybridized carbons (Fsp3) is 0.500. The number of hydrogen-bond donors (Lipinski definition) is 1. The molecule has 4 nitrogen and oxygen atoms in total. The molecule has 0 fully saturated rings. The number of hydrogen-bond acceptors (Lipinski definition) is 3. The highest BCUT2D eigenvalue weighted by Crippen LogP contribution is 2.30. The van der Waals surface area contributed by atoms with E-state index in [0.717, 1.165) is 16.9 Å². The van der Waals surface area contributed by atoms with Crippen molar-refractivity contribution in [3.63, 3.8) is 0 Å². The van der Waals surface area contributed by atoms with Crippen LogP contribution >= 0.6 is 0 Å². The molecular weight excluding hydrogens is 232 g/mol. The fourth-order valence-electron chi connectivity index (χ4n) is 1.94. The Morgan fingerprint density at radius 3 is 2.33 bits per heavy atom. The lowest BCUT2D eigenvalue weighted by molar-refractivity contribution is -0.141. The predicted octanol–water partition coefficient (Wildman–Crippen LogP) is 2.67. The molecule has 1 rings (SSSR count). The van der Waals surface area contributed by atoms with Crippen LogP contribution in [-0.4, -0.2) is 25.3 Å². The Morgan fingerprint density at radius 1 is 1.28 bits per heavy atom. The summed E-state index contributed by atoms with van der Waals surface area (Å²) in [5, 5.41) is 9.11. The first-order valence-electron chi connectivity index (χ1n) is 5.97. The van der Waals surface area contributed by atoms with Crippen molar-refractivity contribution < 1.29 is 19.4 Å². The lowest BCUT2D eigenvalue weighted by Gasteiger charge is -2.15. The lowest BCUT2D eigenvalue weighted by atomic mass is 9.95. The third-order valence-electron chi connectivity index (χ3n) is 3.11. The lowest BCUT2D eigenvalue weighted by Crippen LogP contribution is -2.16. The van der Waals surface area contributed by atoms with E-state index in [-0.39, 0.29) is 0 Å². The van der Waals surface area contributed by atoms with E-state index >= 15 is 0 Å². The Morgan fingerprint density at radius 2 is 1.89 bits per heavy atom. The van der Waals surface area contributed by atoms with Gasteiger partial charge in [0.25, 0.3) is 0 Å². The molecule has 1 atom stereocenters. The van der Waals surface area contributed by atoms with Gasteiger partial charge in [-0.2, -0.15) is 0 Å². The van der Waals surface area contributed by atoms with Gasteiger partial charge in [0.05, 0.1) is 20.1 Å². The molecule has 0 saturated heterocycles. The molecule has 0 aliphatic rings. The molecule has 0 aromatic heterocycles. The molecule has 0 unspecified atom stereocenters. The number of aliphatic carboxylic acids is 1. The van der Waals surface area contributed by atoms with Crippen LogP contribution in [0.15, 0.2) is 12.1 Å². The molecule has 1 aromatic rings. The van der Waals surface area contributed by atoms with Crippen LogP contribution in [0.25, 0.3) is 0 Å². The zero-order chi connectivity index (χ0) is 13.7. The van der Waals surface area contributed by atoms with Crippen LogP contribution in [0.5, 0.6) is 11.5 Å². The first kappa shape index (κ1) is 14.4. The summed E-state index contributed by atoms with van der Waals surface area (Å²) in [6.45, 7) is 3.80. The largest absolute Gasteiger partial charge is 0.496 e.